The number of nitrogens with zero attached hydrogens (tertiary/aromatic N) is 1. The molecule has 1 rings (SSSR count). The van der Waals surface area contributed by atoms with E-state index in [2.05, 4.69) is 0 Å². The first-order chi connectivity index (χ1) is 3.75. The first-order valence-corrected chi connectivity index (χ1v) is 2.80. The van der Waals surface area contributed by atoms with Crippen LogP contribution in [0.4, 0.5) is 0 Å². The molecule has 0 bridgehead atoms. The van der Waals surface area contributed by atoms with E-state index in [1.54, 1.807) is 4.90 Å². The molecule has 0 aliphatic carbocycles. The van der Waals surface area contributed by atoms with Crippen LogP contribution in [0.25, 0.3) is 0 Å². The standard InChI is InChI=1S/C5H10N2O/c1-2-7-3-4(6)5(7)8/h4H,2-3,6H2,1H3/t4-/m1/s1. The lowest BCUT2D eigenvalue weighted by Crippen LogP contribution is -2.60. The number of likely N-dealkylation sites (tertiary alicyclic amines) is 1. The first kappa shape index (κ1) is 5.56. The van der Waals surface area contributed by atoms with E-state index in [9.17, 15) is 4.79 Å². The van der Waals surface area contributed by atoms with Crippen molar-refractivity contribution in [3.05, 3.63) is 0 Å². The largest absolute Gasteiger partial charge is 0.339 e. The second-order valence-electron chi connectivity index (χ2n) is 1.98. The average Bonchev–Trinajstić information content (AvgIpc) is 1.81. The second kappa shape index (κ2) is 1.74. The van der Waals surface area contributed by atoms with Crippen molar-refractivity contribution in [3.63, 3.8) is 0 Å². The summed E-state index contributed by atoms with van der Waals surface area (Å²) in [4.78, 5) is 12.3. The molecule has 2 N–H and O–H groups in total. The molecule has 1 aliphatic rings. The normalized spacial score (nSPS) is 28.0. The quantitative estimate of drug-likeness (QED) is 0.452. The fraction of sp³-hybridized carbons (Fsp3) is 0.800. The van der Waals surface area contributed by atoms with E-state index in [1.165, 1.54) is 0 Å². The van der Waals surface area contributed by atoms with Crippen LogP contribution >= 0.6 is 0 Å². The van der Waals surface area contributed by atoms with Gasteiger partial charge in [-0.3, -0.25) is 4.79 Å². The Balaban J connectivity index is 2.36. The maximum Gasteiger partial charge on any atom is 0.241 e. The summed E-state index contributed by atoms with van der Waals surface area (Å²) < 4.78 is 0. The van der Waals surface area contributed by atoms with Gasteiger partial charge in [0.2, 0.25) is 5.91 Å². The number of β-lactam (4-membered cyclic amide) rings is 1. The monoisotopic (exact) mass is 114 g/mol. The van der Waals surface area contributed by atoms with Gasteiger partial charge < -0.3 is 10.6 Å². The Bertz CT molecular complexity index is 113. The average molecular weight is 114 g/mol. The topological polar surface area (TPSA) is 46.3 Å². The van der Waals surface area contributed by atoms with Gasteiger partial charge in [0, 0.05) is 13.1 Å². The van der Waals surface area contributed by atoms with Crippen LogP contribution in [0.1, 0.15) is 6.92 Å². The number of hydrogen-bond acceptors (Lipinski definition) is 2. The van der Waals surface area contributed by atoms with Gasteiger partial charge >= 0.3 is 0 Å². The molecule has 1 heterocycles. The van der Waals surface area contributed by atoms with Crippen LogP contribution in [-0.4, -0.2) is 29.9 Å². The van der Waals surface area contributed by atoms with Crippen LogP contribution in [0.5, 0.6) is 0 Å². The number of hydrogen-bond donors (Lipinski definition) is 1. The summed E-state index contributed by atoms with van der Waals surface area (Å²) in [6, 6.07) is -0.199. The molecule has 8 heavy (non-hydrogen) atoms. The van der Waals surface area contributed by atoms with E-state index >= 15 is 0 Å². The van der Waals surface area contributed by atoms with Crippen molar-refractivity contribution in [1.82, 2.24) is 4.90 Å². The van der Waals surface area contributed by atoms with Crippen LogP contribution in [0.15, 0.2) is 0 Å². The highest BCUT2D eigenvalue weighted by atomic mass is 16.2. The lowest BCUT2D eigenvalue weighted by atomic mass is 10.1. The molecule has 1 atom stereocenters. The van der Waals surface area contributed by atoms with Gasteiger partial charge in [-0.2, -0.15) is 0 Å². The van der Waals surface area contributed by atoms with Gasteiger partial charge in [0.1, 0.15) is 6.04 Å². The minimum atomic E-state index is -0.199. The number of likely N-dealkylation sites (N-methyl/N-ethyl adjacent to an activating group) is 1. The number of carbonyl (C=O) groups excluding carboxylic acids is 1. The Labute approximate surface area is 48.5 Å². The van der Waals surface area contributed by atoms with E-state index < -0.39 is 0 Å². The molecular weight excluding hydrogens is 104 g/mol. The predicted octanol–water partition coefficient (Wildman–Crippen LogP) is -0.824. The Kier molecular flexibility index (Phi) is 1.21. The third kappa shape index (κ3) is 0.591. The molecule has 0 aromatic rings. The zero-order valence-corrected chi connectivity index (χ0v) is 4.92. The third-order valence-electron chi connectivity index (χ3n) is 1.43. The number of carbonyl (C=O) groups is 1. The third-order valence-corrected chi connectivity index (χ3v) is 1.43. The fourth-order valence-electron chi connectivity index (χ4n) is 0.813. The van der Waals surface area contributed by atoms with Gasteiger partial charge in [-0.05, 0) is 6.92 Å². The molecule has 0 aromatic carbocycles. The molecule has 46 valence electrons. The number of nitrogens with two attached hydrogens (primary N) is 1. The fourth-order valence-corrected chi connectivity index (χ4v) is 0.813. The molecule has 1 fully saturated rings. The summed E-state index contributed by atoms with van der Waals surface area (Å²) in [5.74, 6) is 0.0903. The van der Waals surface area contributed by atoms with Crippen LogP contribution in [-0.2, 0) is 4.79 Å². The highest BCUT2D eigenvalue weighted by Gasteiger charge is 2.31. The first-order valence-electron chi connectivity index (χ1n) is 2.80. The van der Waals surface area contributed by atoms with Gasteiger partial charge in [-0.25, -0.2) is 0 Å². The van der Waals surface area contributed by atoms with Crippen molar-refractivity contribution >= 4 is 5.91 Å². The summed E-state index contributed by atoms with van der Waals surface area (Å²) in [5.41, 5.74) is 5.30. The summed E-state index contributed by atoms with van der Waals surface area (Å²) in [5, 5.41) is 0. The molecule has 1 amide bonds. The maximum atomic E-state index is 10.6. The van der Waals surface area contributed by atoms with Crippen molar-refractivity contribution in [2.24, 2.45) is 5.73 Å². The number of amides is 1. The highest BCUT2D eigenvalue weighted by molar-refractivity contribution is 5.87. The van der Waals surface area contributed by atoms with Crippen molar-refractivity contribution in [3.8, 4) is 0 Å². The van der Waals surface area contributed by atoms with Gasteiger partial charge in [0.05, 0.1) is 0 Å². The Hall–Kier alpha value is -0.570. The van der Waals surface area contributed by atoms with E-state index in [1.807, 2.05) is 6.92 Å². The van der Waals surface area contributed by atoms with Crippen molar-refractivity contribution in [2.75, 3.05) is 13.1 Å². The summed E-state index contributed by atoms with van der Waals surface area (Å²) >= 11 is 0. The lowest BCUT2D eigenvalue weighted by molar-refractivity contribution is -0.141. The second-order valence-corrected chi connectivity index (χ2v) is 1.98. The van der Waals surface area contributed by atoms with E-state index in [0.717, 1.165) is 13.1 Å². The van der Waals surface area contributed by atoms with Gasteiger partial charge in [0.15, 0.2) is 0 Å². The Morgan fingerprint density at radius 2 is 2.62 bits per heavy atom. The summed E-state index contributed by atoms with van der Waals surface area (Å²) in [7, 11) is 0. The van der Waals surface area contributed by atoms with E-state index in [-0.39, 0.29) is 11.9 Å². The van der Waals surface area contributed by atoms with E-state index in [4.69, 9.17) is 5.73 Å². The SMILES string of the molecule is CCN1C[C@@H](N)C1=O. The molecule has 0 aromatic heterocycles. The molecule has 0 saturated carbocycles. The Morgan fingerprint density at radius 3 is 2.75 bits per heavy atom. The maximum absolute atomic E-state index is 10.6. The molecule has 0 unspecified atom stereocenters. The van der Waals surface area contributed by atoms with Gasteiger partial charge in [-0.15, -0.1) is 0 Å². The zero-order valence-electron chi connectivity index (χ0n) is 4.92. The highest BCUT2D eigenvalue weighted by Crippen LogP contribution is 2.05. The molecule has 0 radical (unpaired) electrons. The minimum Gasteiger partial charge on any atom is -0.339 e. The molecule has 3 nitrogen and oxygen atoms in total. The van der Waals surface area contributed by atoms with Crippen molar-refractivity contribution in [1.29, 1.82) is 0 Å². The minimum absolute atomic E-state index is 0.0903. The zero-order chi connectivity index (χ0) is 6.15. The van der Waals surface area contributed by atoms with E-state index in [0.29, 0.717) is 0 Å². The Morgan fingerprint density at radius 1 is 2.00 bits per heavy atom. The summed E-state index contributed by atoms with van der Waals surface area (Å²) in [6.45, 7) is 3.49. The van der Waals surface area contributed by atoms with Crippen LogP contribution in [0, 0.1) is 0 Å². The predicted molar refractivity (Wildman–Crippen MR) is 30.2 cm³/mol. The lowest BCUT2D eigenvalue weighted by Gasteiger charge is -2.34. The smallest absolute Gasteiger partial charge is 0.241 e. The number of rotatable bonds is 1. The van der Waals surface area contributed by atoms with Gasteiger partial charge in [0.25, 0.3) is 0 Å². The van der Waals surface area contributed by atoms with Crippen LogP contribution < -0.4 is 5.73 Å². The summed E-state index contributed by atoms with van der Waals surface area (Å²) in [6.07, 6.45) is 0. The molecule has 1 aliphatic heterocycles. The van der Waals surface area contributed by atoms with Crippen LogP contribution in [0.2, 0.25) is 0 Å². The van der Waals surface area contributed by atoms with Crippen LogP contribution in [0.3, 0.4) is 0 Å². The van der Waals surface area contributed by atoms with Crippen molar-refractivity contribution in [2.45, 2.75) is 13.0 Å². The van der Waals surface area contributed by atoms with Gasteiger partial charge in [-0.1, -0.05) is 0 Å². The molecule has 3 heteroatoms. The van der Waals surface area contributed by atoms with Crippen molar-refractivity contribution < 1.29 is 4.79 Å². The molecule has 1 saturated heterocycles. The molecular formula is C5H10N2O. The molecule has 0 spiro atoms.